The molecule has 0 spiro atoms. The van der Waals surface area contributed by atoms with Crippen molar-refractivity contribution in [3.63, 3.8) is 0 Å². The molecule has 0 aromatic heterocycles. The molecule has 1 saturated heterocycles. The molecule has 110 valence electrons. The molecule has 5 nitrogen and oxygen atoms in total. The topological polar surface area (TPSA) is 55.8 Å². The summed E-state index contributed by atoms with van der Waals surface area (Å²) in [5.74, 6) is -0.258. The molecule has 0 saturated carbocycles. The van der Waals surface area contributed by atoms with Crippen LogP contribution >= 0.6 is 11.6 Å². The molecule has 1 fully saturated rings. The fourth-order valence-electron chi connectivity index (χ4n) is 2.22. The third-order valence-corrected chi connectivity index (χ3v) is 3.73. The Kier molecular flexibility index (Phi) is 5.23. The predicted octanol–water partition coefficient (Wildman–Crippen LogP) is 1.02. The highest BCUT2D eigenvalue weighted by Crippen LogP contribution is 2.22. The van der Waals surface area contributed by atoms with E-state index >= 15 is 0 Å². The molecule has 2 rings (SSSR count). The number of carbonyl (C=O) groups excluding carboxylic acids is 1. The Morgan fingerprint density at radius 2 is 2.15 bits per heavy atom. The Morgan fingerprint density at radius 3 is 2.80 bits per heavy atom. The van der Waals surface area contributed by atoms with Crippen LogP contribution < -0.4 is 5.32 Å². The molecule has 6 heteroatoms. The number of carbonyl (C=O) groups is 1. The van der Waals surface area contributed by atoms with Gasteiger partial charge in [-0.15, -0.1) is 0 Å². The van der Waals surface area contributed by atoms with Crippen LogP contribution in [0.5, 0.6) is 5.75 Å². The van der Waals surface area contributed by atoms with Crippen LogP contribution in [0.15, 0.2) is 18.2 Å². The normalized spacial score (nSPS) is 16.1. The summed E-state index contributed by atoms with van der Waals surface area (Å²) in [6, 6.07) is 4.55. The largest absolute Gasteiger partial charge is 0.507 e. The minimum atomic E-state index is -0.186. The Morgan fingerprint density at radius 1 is 1.45 bits per heavy atom. The van der Waals surface area contributed by atoms with Crippen molar-refractivity contribution >= 4 is 17.5 Å². The smallest absolute Gasteiger partial charge is 0.257 e. The molecular formula is C14H20ClN3O2. The minimum absolute atomic E-state index is 0.0727. The number of rotatable bonds is 4. The minimum Gasteiger partial charge on any atom is -0.507 e. The summed E-state index contributed by atoms with van der Waals surface area (Å²) in [6.45, 7) is 5.49. The zero-order chi connectivity index (χ0) is 14.5. The third-order valence-electron chi connectivity index (χ3n) is 3.50. The molecule has 0 bridgehead atoms. The monoisotopic (exact) mass is 297 g/mol. The van der Waals surface area contributed by atoms with Crippen LogP contribution in [-0.2, 0) is 0 Å². The first kappa shape index (κ1) is 15.1. The van der Waals surface area contributed by atoms with Gasteiger partial charge >= 0.3 is 0 Å². The Bertz CT molecular complexity index is 475. The summed E-state index contributed by atoms with van der Waals surface area (Å²) in [6.07, 6.45) is 0. The molecule has 0 unspecified atom stereocenters. The molecule has 1 aliphatic rings. The summed E-state index contributed by atoms with van der Waals surface area (Å²) in [5.41, 5.74) is 0.289. The fraction of sp³-hybridized carbons (Fsp3) is 0.500. The SMILES string of the molecule is CN(CCN1CCNCC1)C(=O)c1ccc(Cl)cc1O. The second-order valence-corrected chi connectivity index (χ2v) is 5.42. The van der Waals surface area contributed by atoms with Gasteiger partial charge in [0.1, 0.15) is 5.75 Å². The zero-order valence-electron chi connectivity index (χ0n) is 11.6. The van der Waals surface area contributed by atoms with Crippen molar-refractivity contribution in [1.82, 2.24) is 15.1 Å². The number of halogens is 1. The van der Waals surface area contributed by atoms with Gasteiger partial charge in [-0.3, -0.25) is 9.69 Å². The summed E-state index contributed by atoms with van der Waals surface area (Å²) in [4.78, 5) is 16.2. The van der Waals surface area contributed by atoms with Gasteiger partial charge in [-0.25, -0.2) is 0 Å². The standard InChI is InChI=1S/C14H20ClN3O2/c1-17(8-9-18-6-4-16-5-7-18)14(20)12-3-2-11(15)10-13(12)19/h2-3,10,16,19H,4-9H2,1H3. The van der Waals surface area contributed by atoms with E-state index in [4.69, 9.17) is 11.6 Å². The zero-order valence-corrected chi connectivity index (χ0v) is 12.4. The van der Waals surface area contributed by atoms with Gasteiger partial charge < -0.3 is 15.3 Å². The van der Waals surface area contributed by atoms with Crippen molar-refractivity contribution in [3.8, 4) is 5.75 Å². The van der Waals surface area contributed by atoms with Crippen molar-refractivity contribution in [1.29, 1.82) is 0 Å². The highest BCUT2D eigenvalue weighted by atomic mass is 35.5. The van der Waals surface area contributed by atoms with Crippen molar-refractivity contribution in [3.05, 3.63) is 28.8 Å². The first-order valence-corrected chi connectivity index (χ1v) is 7.13. The van der Waals surface area contributed by atoms with Crippen LogP contribution in [0, 0.1) is 0 Å². The Balaban J connectivity index is 1.90. The fourth-order valence-corrected chi connectivity index (χ4v) is 2.39. The van der Waals surface area contributed by atoms with Crippen LogP contribution in [0.4, 0.5) is 0 Å². The molecule has 0 aliphatic carbocycles. The Labute approximate surface area is 124 Å². The van der Waals surface area contributed by atoms with Gasteiger partial charge in [0.15, 0.2) is 0 Å². The highest BCUT2D eigenvalue weighted by Gasteiger charge is 2.17. The lowest BCUT2D eigenvalue weighted by molar-refractivity contribution is 0.0772. The van der Waals surface area contributed by atoms with E-state index in [-0.39, 0.29) is 17.2 Å². The molecule has 1 aromatic carbocycles. The van der Waals surface area contributed by atoms with E-state index in [1.807, 2.05) is 0 Å². The summed E-state index contributed by atoms with van der Waals surface area (Å²) < 4.78 is 0. The molecule has 2 N–H and O–H groups in total. The molecule has 0 atom stereocenters. The molecule has 20 heavy (non-hydrogen) atoms. The lowest BCUT2D eigenvalue weighted by Gasteiger charge is -2.29. The molecule has 1 aromatic rings. The molecule has 1 amide bonds. The van der Waals surface area contributed by atoms with Crippen LogP contribution in [0.3, 0.4) is 0 Å². The highest BCUT2D eigenvalue weighted by molar-refractivity contribution is 6.30. The number of phenolic OH excluding ortho intramolecular Hbond substituents is 1. The van der Waals surface area contributed by atoms with E-state index in [0.717, 1.165) is 32.7 Å². The maximum Gasteiger partial charge on any atom is 0.257 e. The summed E-state index contributed by atoms with van der Waals surface area (Å²) in [5, 5.41) is 13.5. The molecule has 0 radical (unpaired) electrons. The number of likely N-dealkylation sites (N-methyl/N-ethyl adjacent to an activating group) is 1. The molecular weight excluding hydrogens is 278 g/mol. The first-order valence-electron chi connectivity index (χ1n) is 6.75. The molecule has 1 heterocycles. The van der Waals surface area contributed by atoms with Crippen molar-refractivity contribution in [2.75, 3.05) is 46.3 Å². The number of nitrogens with zero attached hydrogens (tertiary/aromatic N) is 2. The van der Waals surface area contributed by atoms with Crippen LogP contribution in [0.2, 0.25) is 5.02 Å². The van der Waals surface area contributed by atoms with E-state index < -0.39 is 0 Å². The Hall–Kier alpha value is -1.30. The number of aromatic hydroxyl groups is 1. The molecule has 1 aliphatic heterocycles. The van der Waals surface area contributed by atoms with Crippen molar-refractivity contribution in [2.24, 2.45) is 0 Å². The van der Waals surface area contributed by atoms with E-state index in [9.17, 15) is 9.90 Å². The second-order valence-electron chi connectivity index (χ2n) is 4.98. The van der Waals surface area contributed by atoms with E-state index in [0.29, 0.717) is 11.6 Å². The van der Waals surface area contributed by atoms with Gasteiger partial charge in [-0.1, -0.05) is 11.6 Å². The average molecular weight is 298 g/mol. The average Bonchev–Trinajstić information content (AvgIpc) is 2.45. The van der Waals surface area contributed by atoms with E-state index in [1.54, 1.807) is 24.1 Å². The maximum absolute atomic E-state index is 12.2. The number of piperazine rings is 1. The van der Waals surface area contributed by atoms with Crippen molar-refractivity contribution < 1.29 is 9.90 Å². The van der Waals surface area contributed by atoms with Gasteiger partial charge in [0.2, 0.25) is 0 Å². The van der Waals surface area contributed by atoms with Gasteiger partial charge in [0, 0.05) is 51.3 Å². The number of benzene rings is 1. The van der Waals surface area contributed by atoms with E-state index in [1.165, 1.54) is 6.07 Å². The lowest BCUT2D eigenvalue weighted by Crippen LogP contribution is -2.46. The summed E-state index contributed by atoms with van der Waals surface area (Å²) in [7, 11) is 1.75. The van der Waals surface area contributed by atoms with Gasteiger partial charge in [-0.2, -0.15) is 0 Å². The lowest BCUT2D eigenvalue weighted by atomic mass is 10.2. The van der Waals surface area contributed by atoms with E-state index in [2.05, 4.69) is 10.2 Å². The van der Waals surface area contributed by atoms with Crippen LogP contribution in [-0.4, -0.2) is 67.1 Å². The third kappa shape index (κ3) is 3.85. The number of hydrogen-bond acceptors (Lipinski definition) is 4. The summed E-state index contributed by atoms with van der Waals surface area (Å²) >= 11 is 5.77. The second kappa shape index (κ2) is 6.92. The first-order chi connectivity index (χ1) is 9.58. The van der Waals surface area contributed by atoms with Crippen LogP contribution in [0.1, 0.15) is 10.4 Å². The van der Waals surface area contributed by atoms with Crippen LogP contribution in [0.25, 0.3) is 0 Å². The predicted molar refractivity (Wildman–Crippen MR) is 79.4 cm³/mol. The van der Waals surface area contributed by atoms with Gasteiger partial charge in [0.25, 0.3) is 5.91 Å². The number of amides is 1. The number of nitrogens with one attached hydrogen (secondary N) is 1. The number of phenols is 1. The maximum atomic E-state index is 12.2. The van der Waals surface area contributed by atoms with Gasteiger partial charge in [0.05, 0.1) is 5.56 Å². The quantitative estimate of drug-likeness (QED) is 0.871. The van der Waals surface area contributed by atoms with Crippen molar-refractivity contribution in [2.45, 2.75) is 0 Å². The van der Waals surface area contributed by atoms with Gasteiger partial charge in [-0.05, 0) is 18.2 Å². The number of hydrogen-bond donors (Lipinski definition) is 2.